The number of rotatable bonds is 8. The number of methoxy groups -OCH3 is 1. The number of nitrogens with one attached hydrogen (secondary N) is 4. The zero-order valence-corrected chi connectivity index (χ0v) is 20.9. The predicted octanol–water partition coefficient (Wildman–Crippen LogP) is 4.10. The topological polar surface area (TPSA) is 108 Å². The Labute approximate surface area is 216 Å². The van der Waals surface area contributed by atoms with Gasteiger partial charge in [0.2, 0.25) is 5.88 Å². The largest absolute Gasteiger partial charge is 0.481 e. The monoisotopic (exact) mass is 500 g/mol. The summed E-state index contributed by atoms with van der Waals surface area (Å²) in [5.74, 6) is 0.166. The van der Waals surface area contributed by atoms with E-state index < -0.39 is 0 Å². The molecule has 1 saturated carbocycles. The summed E-state index contributed by atoms with van der Waals surface area (Å²) < 4.78 is 5.25. The van der Waals surface area contributed by atoms with Gasteiger partial charge in [-0.2, -0.15) is 0 Å². The van der Waals surface area contributed by atoms with Crippen LogP contribution >= 0.6 is 0 Å². The van der Waals surface area contributed by atoms with E-state index in [-0.39, 0.29) is 17.5 Å². The van der Waals surface area contributed by atoms with Crippen LogP contribution in [-0.4, -0.2) is 35.5 Å². The van der Waals surface area contributed by atoms with E-state index in [1.165, 1.54) is 26.4 Å². The molecule has 192 valence electrons. The Morgan fingerprint density at radius 2 is 1.84 bits per heavy atom. The minimum Gasteiger partial charge on any atom is -0.481 e. The Morgan fingerprint density at radius 3 is 2.59 bits per heavy atom. The minimum atomic E-state index is -0.320. The van der Waals surface area contributed by atoms with E-state index in [1.54, 1.807) is 12.1 Å². The molecule has 1 aromatic heterocycles. The maximum absolute atomic E-state index is 13.5. The first-order valence-corrected chi connectivity index (χ1v) is 12.7. The van der Waals surface area contributed by atoms with Crippen LogP contribution in [0.5, 0.6) is 5.88 Å². The van der Waals surface area contributed by atoms with Crippen LogP contribution in [0.15, 0.2) is 60.9 Å². The number of hydrazine groups is 2. The number of benzene rings is 2. The van der Waals surface area contributed by atoms with Gasteiger partial charge in [0.15, 0.2) is 5.69 Å². The van der Waals surface area contributed by atoms with Crippen LogP contribution < -0.4 is 26.3 Å². The van der Waals surface area contributed by atoms with Gasteiger partial charge in [0.25, 0.3) is 11.8 Å². The summed E-state index contributed by atoms with van der Waals surface area (Å²) >= 11 is 0. The van der Waals surface area contributed by atoms with Gasteiger partial charge in [-0.05, 0) is 47.2 Å². The third-order valence-corrected chi connectivity index (χ3v) is 6.96. The van der Waals surface area contributed by atoms with E-state index in [2.05, 4.69) is 26.6 Å². The molecule has 0 radical (unpaired) electrons. The molecule has 1 aliphatic carbocycles. The lowest BCUT2D eigenvalue weighted by Gasteiger charge is -2.22. The third kappa shape index (κ3) is 5.67. The average molecular weight is 501 g/mol. The second-order valence-corrected chi connectivity index (χ2v) is 9.44. The SMILES string of the molecule is COc1ccc(NC(=O)c2ccc(CN3C=CNN3)c3ccccc23)c(C(=O)NCC2CCCCC2)n1. The maximum atomic E-state index is 13.5. The number of carbonyl (C=O) groups is 2. The van der Waals surface area contributed by atoms with E-state index >= 15 is 0 Å². The van der Waals surface area contributed by atoms with Crippen LogP contribution in [0.2, 0.25) is 0 Å². The number of nitrogens with zero attached hydrogens (tertiary/aromatic N) is 2. The molecule has 1 fully saturated rings. The lowest BCUT2D eigenvalue weighted by molar-refractivity contribution is 0.0938. The van der Waals surface area contributed by atoms with Crippen molar-refractivity contribution < 1.29 is 14.3 Å². The van der Waals surface area contributed by atoms with E-state index in [0.29, 0.717) is 36.1 Å². The van der Waals surface area contributed by atoms with Gasteiger partial charge in [0.1, 0.15) is 0 Å². The van der Waals surface area contributed by atoms with E-state index in [9.17, 15) is 9.59 Å². The van der Waals surface area contributed by atoms with Crippen molar-refractivity contribution in [2.75, 3.05) is 19.0 Å². The highest BCUT2D eigenvalue weighted by Gasteiger charge is 2.21. The Balaban J connectivity index is 1.38. The second-order valence-electron chi connectivity index (χ2n) is 9.44. The molecule has 5 rings (SSSR count). The van der Waals surface area contributed by atoms with Crippen molar-refractivity contribution in [3.63, 3.8) is 0 Å². The molecule has 2 aromatic carbocycles. The van der Waals surface area contributed by atoms with Gasteiger partial charge >= 0.3 is 0 Å². The number of amides is 2. The zero-order valence-electron chi connectivity index (χ0n) is 20.9. The number of hydrogen-bond donors (Lipinski definition) is 4. The Hall–Kier alpha value is -4.11. The number of ether oxygens (including phenoxy) is 1. The molecule has 1 aliphatic heterocycles. The summed E-state index contributed by atoms with van der Waals surface area (Å²) in [5.41, 5.74) is 8.04. The van der Waals surface area contributed by atoms with Gasteiger partial charge in [-0.25, -0.2) is 4.98 Å². The molecule has 2 aliphatic rings. The molecule has 3 aromatic rings. The quantitative estimate of drug-likeness (QED) is 0.369. The van der Waals surface area contributed by atoms with Crippen molar-refractivity contribution in [2.45, 2.75) is 38.6 Å². The highest BCUT2D eigenvalue weighted by atomic mass is 16.5. The van der Waals surface area contributed by atoms with Crippen molar-refractivity contribution in [1.82, 2.24) is 26.3 Å². The number of fused-ring (bicyclic) bond motifs is 1. The summed E-state index contributed by atoms with van der Waals surface area (Å²) in [7, 11) is 1.50. The zero-order chi connectivity index (χ0) is 25.6. The Kier molecular flexibility index (Phi) is 7.51. The molecule has 37 heavy (non-hydrogen) atoms. The first-order valence-electron chi connectivity index (χ1n) is 12.7. The molecule has 0 atom stereocenters. The summed E-state index contributed by atoms with van der Waals surface area (Å²) in [6.07, 6.45) is 9.64. The molecule has 4 N–H and O–H groups in total. The fourth-order valence-electron chi connectivity index (χ4n) is 4.99. The van der Waals surface area contributed by atoms with Gasteiger partial charge in [-0.1, -0.05) is 49.6 Å². The second kappa shape index (κ2) is 11.3. The predicted molar refractivity (Wildman–Crippen MR) is 143 cm³/mol. The van der Waals surface area contributed by atoms with Crippen molar-refractivity contribution >= 4 is 28.3 Å². The van der Waals surface area contributed by atoms with Crippen LogP contribution in [-0.2, 0) is 6.54 Å². The summed E-state index contributed by atoms with van der Waals surface area (Å²) in [5, 5.41) is 9.67. The minimum absolute atomic E-state index is 0.142. The highest BCUT2D eigenvalue weighted by molar-refractivity contribution is 6.15. The molecule has 9 nitrogen and oxygen atoms in total. The first-order chi connectivity index (χ1) is 18.1. The fourth-order valence-corrected chi connectivity index (χ4v) is 4.99. The van der Waals surface area contributed by atoms with Crippen LogP contribution in [0.25, 0.3) is 10.8 Å². The molecule has 0 bridgehead atoms. The van der Waals surface area contributed by atoms with E-state index in [0.717, 1.165) is 29.2 Å². The Morgan fingerprint density at radius 1 is 1.03 bits per heavy atom. The van der Waals surface area contributed by atoms with Crippen molar-refractivity contribution in [3.05, 3.63) is 77.8 Å². The van der Waals surface area contributed by atoms with Crippen LogP contribution in [0.4, 0.5) is 5.69 Å². The number of aromatic nitrogens is 1. The smallest absolute Gasteiger partial charge is 0.272 e. The third-order valence-electron chi connectivity index (χ3n) is 6.96. The van der Waals surface area contributed by atoms with E-state index in [1.807, 2.05) is 53.8 Å². The summed E-state index contributed by atoms with van der Waals surface area (Å²) in [6, 6.07) is 14.9. The number of pyridine rings is 1. The molecule has 9 heteroatoms. The average Bonchev–Trinajstić information content (AvgIpc) is 3.46. The maximum Gasteiger partial charge on any atom is 0.272 e. The van der Waals surface area contributed by atoms with Gasteiger partial charge in [-0.15, -0.1) is 5.53 Å². The van der Waals surface area contributed by atoms with Crippen molar-refractivity contribution in [1.29, 1.82) is 0 Å². The number of anilines is 1. The van der Waals surface area contributed by atoms with Gasteiger partial charge in [0, 0.05) is 30.6 Å². The summed E-state index contributed by atoms with van der Waals surface area (Å²) in [6.45, 7) is 1.23. The lowest BCUT2D eigenvalue weighted by atomic mass is 9.89. The standard InChI is InChI=1S/C28H32N6O3/c1-37-25-14-13-24(26(32-25)28(36)29-17-19-7-3-2-4-8-19)31-27(35)23-12-11-20(18-34-16-15-30-33-34)21-9-5-6-10-22(21)23/h5-6,9-16,19,30,33H,2-4,7-8,17-18H2,1H3,(H,29,36)(H,31,35). The number of hydrogen-bond acceptors (Lipinski definition) is 7. The van der Waals surface area contributed by atoms with E-state index in [4.69, 9.17) is 4.74 Å². The van der Waals surface area contributed by atoms with Crippen LogP contribution in [0.1, 0.15) is 58.5 Å². The molecule has 2 heterocycles. The van der Waals surface area contributed by atoms with Gasteiger partial charge in [-0.3, -0.25) is 14.6 Å². The molecule has 0 spiro atoms. The molecule has 0 unspecified atom stereocenters. The molecule has 2 amide bonds. The molecule has 0 saturated heterocycles. The normalized spacial score (nSPS) is 15.4. The highest BCUT2D eigenvalue weighted by Crippen LogP contribution is 2.27. The number of carbonyl (C=O) groups excluding carboxylic acids is 2. The first kappa shape index (κ1) is 24.6. The van der Waals surface area contributed by atoms with Crippen molar-refractivity contribution in [2.24, 2.45) is 5.92 Å². The van der Waals surface area contributed by atoms with Crippen molar-refractivity contribution in [3.8, 4) is 5.88 Å². The molecular formula is C28H32N6O3. The lowest BCUT2D eigenvalue weighted by Crippen LogP contribution is -2.34. The fraction of sp³-hybridized carbons (Fsp3) is 0.321. The molecular weight excluding hydrogens is 468 g/mol. The van der Waals surface area contributed by atoms with Gasteiger partial charge < -0.3 is 20.8 Å². The van der Waals surface area contributed by atoms with Gasteiger partial charge in [0.05, 0.1) is 19.3 Å². The van der Waals surface area contributed by atoms with Crippen LogP contribution in [0.3, 0.4) is 0 Å². The van der Waals surface area contributed by atoms with Crippen LogP contribution in [0, 0.1) is 5.92 Å². The summed E-state index contributed by atoms with van der Waals surface area (Å²) in [4.78, 5) is 30.9. The Bertz CT molecular complexity index is 1320.